The van der Waals surface area contributed by atoms with Crippen molar-refractivity contribution in [2.75, 3.05) is 31.1 Å². The van der Waals surface area contributed by atoms with Crippen LogP contribution >= 0.6 is 11.3 Å². The van der Waals surface area contributed by atoms with Gasteiger partial charge < -0.3 is 4.90 Å². The van der Waals surface area contributed by atoms with E-state index in [1.54, 1.807) is 11.3 Å². The summed E-state index contributed by atoms with van der Waals surface area (Å²) in [5.41, 5.74) is 1.19. The minimum absolute atomic E-state index is 0.924. The van der Waals surface area contributed by atoms with Crippen molar-refractivity contribution in [2.24, 2.45) is 0 Å². The molecule has 1 saturated heterocycles. The molecule has 0 aromatic carbocycles. The molecule has 25 heavy (non-hydrogen) atoms. The molecule has 3 aromatic heterocycles. The second-order valence-corrected chi connectivity index (χ2v) is 7.38. The summed E-state index contributed by atoms with van der Waals surface area (Å²) in [5.74, 6) is 2.91. The third kappa shape index (κ3) is 3.57. The molecule has 0 atom stereocenters. The van der Waals surface area contributed by atoms with Crippen LogP contribution in [0, 0.1) is 13.8 Å². The molecule has 0 saturated carbocycles. The first-order valence-electron chi connectivity index (χ1n) is 8.55. The van der Waals surface area contributed by atoms with Gasteiger partial charge in [0, 0.05) is 50.5 Å². The molecule has 1 fully saturated rings. The van der Waals surface area contributed by atoms with E-state index >= 15 is 0 Å². The van der Waals surface area contributed by atoms with Gasteiger partial charge in [-0.05, 0) is 26.0 Å². The average Bonchev–Trinajstić information content (AvgIpc) is 3.24. The Morgan fingerprint density at radius 2 is 1.84 bits per heavy atom. The molecule has 6 nitrogen and oxygen atoms in total. The second-order valence-electron chi connectivity index (χ2n) is 6.32. The Kier molecular flexibility index (Phi) is 4.50. The third-order valence-electron chi connectivity index (χ3n) is 4.54. The number of hydrogen-bond acceptors (Lipinski definition) is 6. The van der Waals surface area contributed by atoms with Gasteiger partial charge in [0.2, 0.25) is 0 Å². The van der Waals surface area contributed by atoms with Gasteiger partial charge in [0.05, 0.1) is 10.7 Å². The smallest absolute Gasteiger partial charge is 0.140 e. The van der Waals surface area contributed by atoms with Crippen LogP contribution in [0.2, 0.25) is 0 Å². The fourth-order valence-corrected chi connectivity index (χ4v) is 3.79. The van der Waals surface area contributed by atoms with Gasteiger partial charge in [0.25, 0.3) is 0 Å². The summed E-state index contributed by atoms with van der Waals surface area (Å²) in [5, 5.41) is 3.31. The molecule has 0 radical (unpaired) electrons. The van der Waals surface area contributed by atoms with Crippen LogP contribution in [-0.4, -0.2) is 50.6 Å². The molecule has 130 valence electrons. The van der Waals surface area contributed by atoms with Gasteiger partial charge in [-0.1, -0.05) is 6.07 Å². The van der Waals surface area contributed by atoms with Gasteiger partial charge in [-0.2, -0.15) is 0 Å². The van der Waals surface area contributed by atoms with Crippen molar-refractivity contribution in [3.63, 3.8) is 0 Å². The fourth-order valence-electron chi connectivity index (χ4n) is 3.19. The van der Waals surface area contributed by atoms with Gasteiger partial charge in [-0.15, -0.1) is 11.3 Å². The van der Waals surface area contributed by atoms with Gasteiger partial charge >= 0.3 is 0 Å². The first-order chi connectivity index (χ1) is 12.2. The quantitative estimate of drug-likeness (QED) is 0.721. The number of pyridine rings is 1. The highest BCUT2D eigenvalue weighted by Crippen LogP contribution is 2.18. The van der Waals surface area contributed by atoms with Gasteiger partial charge in [-0.3, -0.25) is 9.47 Å². The molecule has 0 unspecified atom stereocenters. The van der Waals surface area contributed by atoms with Crippen LogP contribution in [0.5, 0.6) is 0 Å². The van der Waals surface area contributed by atoms with Gasteiger partial charge in [0.1, 0.15) is 17.5 Å². The molecule has 4 heterocycles. The molecule has 0 amide bonds. The van der Waals surface area contributed by atoms with E-state index in [4.69, 9.17) is 4.98 Å². The first kappa shape index (κ1) is 16.2. The van der Waals surface area contributed by atoms with Crippen LogP contribution in [0.1, 0.15) is 16.5 Å². The molecular formula is C18H22N6S. The number of aromatic nitrogens is 4. The van der Waals surface area contributed by atoms with E-state index in [9.17, 15) is 0 Å². The van der Waals surface area contributed by atoms with Crippen molar-refractivity contribution in [3.05, 3.63) is 52.5 Å². The number of piperazine rings is 1. The molecule has 0 spiro atoms. The van der Waals surface area contributed by atoms with Crippen LogP contribution in [0.15, 0.2) is 36.0 Å². The number of anilines is 1. The van der Waals surface area contributed by atoms with E-state index in [1.165, 1.54) is 5.69 Å². The summed E-state index contributed by atoms with van der Waals surface area (Å²) < 4.78 is 2.02. The van der Waals surface area contributed by atoms with Crippen LogP contribution in [0.3, 0.4) is 0 Å². The van der Waals surface area contributed by atoms with E-state index in [1.807, 2.05) is 30.0 Å². The Labute approximate surface area is 151 Å². The monoisotopic (exact) mass is 354 g/mol. The highest BCUT2D eigenvalue weighted by molar-refractivity contribution is 7.09. The standard InChI is InChI=1S/C18H22N6S/c1-14-19-6-7-24(14)18-5-3-4-17(21-18)23-10-8-22(9-11-23)12-16-13-25-15(2)20-16/h3-7,13H,8-12H2,1-2H3. The number of nitrogens with zero attached hydrogens (tertiary/aromatic N) is 6. The van der Waals surface area contributed by atoms with Crippen LogP contribution in [-0.2, 0) is 6.54 Å². The largest absolute Gasteiger partial charge is 0.354 e. The summed E-state index contributed by atoms with van der Waals surface area (Å²) in [6.07, 6.45) is 3.76. The van der Waals surface area contributed by atoms with E-state index in [-0.39, 0.29) is 0 Å². The molecule has 3 aromatic rings. The van der Waals surface area contributed by atoms with Gasteiger partial charge in [0.15, 0.2) is 0 Å². The number of rotatable bonds is 4. The highest BCUT2D eigenvalue weighted by atomic mass is 32.1. The predicted molar refractivity (Wildman–Crippen MR) is 100 cm³/mol. The Morgan fingerprint density at radius 3 is 2.52 bits per heavy atom. The summed E-state index contributed by atoms with van der Waals surface area (Å²) >= 11 is 1.73. The zero-order valence-electron chi connectivity index (χ0n) is 14.6. The van der Waals surface area contributed by atoms with Crippen LogP contribution < -0.4 is 4.90 Å². The van der Waals surface area contributed by atoms with Crippen molar-refractivity contribution < 1.29 is 0 Å². The molecule has 1 aliphatic rings. The summed E-state index contributed by atoms with van der Waals surface area (Å²) in [6.45, 7) is 9.05. The normalized spacial score (nSPS) is 15.7. The predicted octanol–water partition coefficient (Wildman–Crippen LogP) is 2.66. The van der Waals surface area contributed by atoms with Crippen molar-refractivity contribution in [1.29, 1.82) is 0 Å². The summed E-state index contributed by atoms with van der Waals surface area (Å²) in [6, 6.07) is 6.19. The first-order valence-corrected chi connectivity index (χ1v) is 9.43. The zero-order chi connectivity index (χ0) is 17.2. The maximum Gasteiger partial charge on any atom is 0.140 e. The maximum atomic E-state index is 4.83. The van der Waals surface area contributed by atoms with E-state index < -0.39 is 0 Å². The zero-order valence-corrected chi connectivity index (χ0v) is 15.4. The van der Waals surface area contributed by atoms with Crippen molar-refractivity contribution >= 4 is 17.2 Å². The second kappa shape index (κ2) is 6.93. The highest BCUT2D eigenvalue weighted by Gasteiger charge is 2.19. The lowest BCUT2D eigenvalue weighted by molar-refractivity contribution is 0.247. The minimum atomic E-state index is 0.924. The maximum absolute atomic E-state index is 4.83. The van der Waals surface area contributed by atoms with E-state index in [0.29, 0.717) is 0 Å². The Hall–Kier alpha value is -2.25. The van der Waals surface area contributed by atoms with Gasteiger partial charge in [-0.25, -0.2) is 15.0 Å². The lowest BCUT2D eigenvalue weighted by Crippen LogP contribution is -2.46. The number of thiazole rings is 1. The fraction of sp³-hybridized carbons (Fsp3) is 0.389. The van der Waals surface area contributed by atoms with E-state index in [0.717, 1.165) is 55.2 Å². The topological polar surface area (TPSA) is 50.1 Å². The SMILES string of the molecule is Cc1nc(CN2CCN(c3cccc(-n4ccnc4C)n3)CC2)cs1. The molecule has 0 bridgehead atoms. The average molecular weight is 354 g/mol. The van der Waals surface area contributed by atoms with Crippen LogP contribution in [0.25, 0.3) is 5.82 Å². The van der Waals surface area contributed by atoms with Crippen molar-refractivity contribution in [1.82, 2.24) is 24.4 Å². The lowest BCUT2D eigenvalue weighted by Gasteiger charge is -2.35. The summed E-state index contributed by atoms with van der Waals surface area (Å²) in [7, 11) is 0. The molecule has 4 rings (SSSR count). The van der Waals surface area contributed by atoms with Crippen LogP contribution in [0.4, 0.5) is 5.82 Å². The van der Waals surface area contributed by atoms with Crippen molar-refractivity contribution in [2.45, 2.75) is 20.4 Å². The molecule has 0 N–H and O–H groups in total. The molecular weight excluding hydrogens is 332 g/mol. The third-order valence-corrected chi connectivity index (χ3v) is 5.36. The Bertz CT molecular complexity index is 847. The van der Waals surface area contributed by atoms with E-state index in [2.05, 4.69) is 44.2 Å². The Balaban J connectivity index is 1.41. The Morgan fingerprint density at radius 1 is 1.04 bits per heavy atom. The molecule has 0 aliphatic carbocycles. The molecule has 7 heteroatoms. The number of hydrogen-bond donors (Lipinski definition) is 0. The number of imidazole rings is 1. The van der Waals surface area contributed by atoms with Crippen molar-refractivity contribution in [3.8, 4) is 5.82 Å². The lowest BCUT2D eigenvalue weighted by atomic mass is 10.3. The number of aryl methyl sites for hydroxylation is 2. The molecule has 1 aliphatic heterocycles. The minimum Gasteiger partial charge on any atom is -0.354 e. The summed E-state index contributed by atoms with van der Waals surface area (Å²) in [4.78, 5) is 18.5.